The minimum absolute atomic E-state index is 0.00124. The second-order valence-electron chi connectivity index (χ2n) is 8.97. The van der Waals surface area contributed by atoms with Crippen molar-refractivity contribution in [2.45, 2.75) is 53.1 Å². The minimum atomic E-state index is -0.205. The fourth-order valence-electron chi connectivity index (χ4n) is 4.27. The van der Waals surface area contributed by atoms with Gasteiger partial charge in [0.15, 0.2) is 0 Å². The maximum atomic E-state index is 12.8. The molecule has 3 aromatic carbocycles. The SMILES string of the molecule is Cc1ccc(C)c(OCCCn2c(C(C)NC(=O)Cc3ccccc3C)nc3ccccc32)c1. The molecule has 0 fully saturated rings. The van der Waals surface area contributed by atoms with Crippen molar-refractivity contribution in [2.24, 2.45) is 0 Å². The number of hydrogen-bond acceptors (Lipinski definition) is 3. The van der Waals surface area contributed by atoms with Gasteiger partial charge in [0, 0.05) is 6.54 Å². The number of nitrogens with one attached hydrogen (secondary N) is 1. The van der Waals surface area contributed by atoms with E-state index in [0.717, 1.165) is 52.3 Å². The van der Waals surface area contributed by atoms with Crippen molar-refractivity contribution in [1.29, 1.82) is 0 Å². The largest absolute Gasteiger partial charge is 0.493 e. The van der Waals surface area contributed by atoms with Gasteiger partial charge in [-0.25, -0.2) is 4.98 Å². The molecule has 0 saturated carbocycles. The average molecular weight is 456 g/mol. The van der Waals surface area contributed by atoms with Crippen LogP contribution in [-0.4, -0.2) is 22.1 Å². The molecule has 1 atom stereocenters. The van der Waals surface area contributed by atoms with E-state index in [4.69, 9.17) is 9.72 Å². The van der Waals surface area contributed by atoms with Gasteiger partial charge in [0.2, 0.25) is 5.91 Å². The standard InChI is InChI=1S/C29H33N3O2/c1-20-14-15-22(3)27(18-20)34-17-9-16-32-26-13-8-7-12-25(26)31-29(32)23(4)30-28(33)19-24-11-6-5-10-21(24)2/h5-8,10-15,18,23H,9,16-17,19H2,1-4H3,(H,30,33). The number of fused-ring (bicyclic) bond motifs is 1. The molecule has 0 aliphatic rings. The summed E-state index contributed by atoms with van der Waals surface area (Å²) in [5.74, 6) is 1.80. The van der Waals surface area contributed by atoms with Crippen molar-refractivity contribution in [3.63, 3.8) is 0 Å². The Kier molecular flexibility index (Phi) is 7.31. The zero-order valence-corrected chi connectivity index (χ0v) is 20.5. The molecule has 1 N–H and O–H groups in total. The maximum absolute atomic E-state index is 12.8. The van der Waals surface area contributed by atoms with Crippen molar-refractivity contribution in [3.05, 3.63) is 94.8 Å². The lowest BCUT2D eigenvalue weighted by molar-refractivity contribution is -0.121. The topological polar surface area (TPSA) is 56.1 Å². The van der Waals surface area contributed by atoms with Crippen LogP contribution in [0.1, 0.15) is 47.5 Å². The summed E-state index contributed by atoms with van der Waals surface area (Å²) in [6, 6.07) is 22.2. The molecule has 1 heterocycles. The molecule has 176 valence electrons. The number of nitrogens with zero attached hydrogens (tertiary/aromatic N) is 2. The van der Waals surface area contributed by atoms with Gasteiger partial charge in [0.25, 0.3) is 0 Å². The van der Waals surface area contributed by atoms with Crippen LogP contribution in [0.3, 0.4) is 0 Å². The van der Waals surface area contributed by atoms with Crippen molar-refractivity contribution >= 4 is 16.9 Å². The minimum Gasteiger partial charge on any atom is -0.493 e. The average Bonchev–Trinajstić information content (AvgIpc) is 3.19. The van der Waals surface area contributed by atoms with E-state index >= 15 is 0 Å². The molecule has 1 aromatic heterocycles. The smallest absolute Gasteiger partial charge is 0.225 e. The van der Waals surface area contributed by atoms with Gasteiger partial charge in [-0.2, -0.15) is 0 Å². The third kappa shape index (κ3) is 5.48. The predicted octanol–water partition coefficient (Wildman–Crippen LogP) is 5.85. The number of carbonyl (C=O) groups excluding carboxylic acids is 1. The molecule has 0 bridgehead atoms. The number of aromatic nitrogens is 2. The molecular weight excluding hydrogens is 422 g/mol. The quantitative estimate of drug-likeness (QED) is 0.322. The first-order valence-electron chi connectivity index (χ1n) is 11.9. The number of carbonyl (C=O) groups is 1. The van der Waals surface area contributed by atoms with Crippen LogP contribution in [0.4, 0.5) is 0 Å². The van der Waals surface area contributed by atoms with E-state index in [1.54, 1.807) is 0 Å². The van der Waals surface area contributed by atoms with Crippen LogP contribution in [0.2, 0.25) is 0 Å². The third-order valence-corrected chi connectivity index (χ3v) is 6.19. The summed E-state index contributed by atoms with van der Waals surface area (Å²) in [6.07, 6.45) is 1.20. The Balaban J connectivity index is 1.45. The summed E-state index contributed by atoms with van der Waals surface area (Å²) in [6.45, 7) is 9.55. The molecule has 0 aliphatic carbocycles. The summed E-state index contributed by atoms with van der Waals surface area (Å²) in [5, 5.41) is 3.15. The van der Waals surface area contributed by atoms with Crippen LogP contribution in [0, 0.1) is 20.8 Å². The second-order valence-corrected chi connectivity index (χ2v) is 8.97. The summed E-state index contributed by atoms with van der Waals surface area (Å²) in [7, 11) is 0. The molecule has 5 nitrogen and oxygen atoms in total. The van der Waals surface area contributed by atoms with Crippen LogP contribution in [-0.2, 0) is 17.8 Å². The third-order valence-electron chi connectivity index (χ3n) is 6.19. The van der Waals surface area contributed by atoms with E-state index in [2.05, 4.69) is 48.0 Å². The Labute approximate surface area is 201 Å². The Morgan fingerprint density at radius 3 is 2.59 bits per heavy atom. The van der Waals surface area contributed by atoms with E-state index in [1.807, 2.05) is 56.3 Å². The van der Waals surface area contributed by atoms with Crippen molar-refractivity contribution in [1.82, 2.24) is 14.9 Å². The zero-order chi connectivity index (χ0) is 24.1. The Bertz CT molecular complexity index is 1290. The van der Waals surface area contributed by atoms with Gasteiger partial charge in [-0.15, -0.1) is 0 Å². The molecule has 0 radical (unpaired) electrons. The van der Waals surface area contributed by atoms with Crippen molar-refractivity contribution in [2.75, 3.05) is 6.61 Å². The lowest BCUT2D eigenvalue weighted by Gasteiger charge is -2.17. The molecular formula is C29H33N3O2. The number of benzene rings is 3. The van der Waals surface area contributed by atoms with Gasteiger partial charge in [-0.1, -0.05) is 48.5 Å². The fourth-order valence-corrected chi connectivity index (χ4v) is 4.27. The highest BCUT2D eigenvalue weighted by Crippen LogP contribution is 2.23. The number of rotatable bonds is 9. The van der Waals surface area contributed by atoms with Crippen LogP contribution in [0.5, 0.6) is 5.75 Å². The van der Waals surface area contributed by atoms with Crippen LogP contribution in [0.25, 0.3) is 11.0 Å². The number of ether oxygens (including phenoxy) is 1. The maximum Gasteiger partial charge on any atom is 0.225 e. The summed E-state index contributed by atoms with van der Waals surface area (Å²) in [4.78, 5) is 17.6. The van der Waals surface area contributed by atoms with Gasteiger partial charge in [-0.3, -0.25) is 4.79 Å². The molecule has 4 rings (SSSR count). The summed E-state index contributed by atoms with van der Waals surface area (Å²) in [5.41, 5.74) is 6.52. The number of amides is 1. The molecule has 4 aromatic rings. The van der Waals surface area contributed by atoms with Crippen LogP contribution < -0.4 is 10.1 Å². The Morgan fingerprint density at radius 1 is 1.00 bits per heavy atom. The van der Waals surface area contributed by atoms with E-state index in [0.29, 0.717) is 13.0 Å². The van der Waals surface area contributed by atoms with E-state index in [1.165, 1.54) is 5.56 Å². The van der Waals surface area contributed by atoms with Crippen LogP contribution in [0.15, 0.2) is 66.7 Å². The number of para-hydroxylation sites is 2. The van der Waals surface area contributed by atoms with Gasteiger partial charge in [0.1, 0.15) is 11.6 Å². The molecule has 1 unspecified atom stereocenters. The number of aryl methyl sites for hydroxylation is 4. The highest BCUT2D eigenvalue weighted by Gasteiger charge is 2.19. The van der Waals surface area contributed by atoms with Crippen molar-refractivity contribution < 1.29 is 9.53 Å². The molecule has 34 heavy (non-hydrogen) atoms. The van der Waals surface area contributed by atoms with Gasteiger partial charge >= 0.3 is 0 Å². The van der Waals surface area contributed by atoms with E-state index in [9.17, 15) is 4.79 Å². The highest BCUT2D eigenvalue weighted by molar-refractivity contribution is 5.80. The van der Waals surface area contributed by atoms with Gasteiger partial charge in [0.05, 0.1) is 30.1 Å². The van der Waals surface area contributed by atoms with E-state index < -0.39 is 0 Å². The zero-order valence-electron chi connectivity index (χ0n) is 20.5. The van der Waals surface area contributed by atoms with Crippen molar-refractivity contribution in [3.8, 4) is 5.75 Å². The first kappa shape index (κ1) is 23.6. The molecule has 5 heteroatoms. The Morgan fingerprint density at radius 2 is 1.76 bits per heavy atom. The second kappa shape index (κ2) is 10.6. The summed E-state index contributed by atoms with van der Waals surface area (Å²) >= 11 is 0. The lowest BCUT2D eigenvalue weighted by Crippen LogP contribution is -2.30. The summed E-state index contributed by atoms with van der Waals surface area (Å²) < 4.78 is 8.28. The molecule has 0 aliphatic heterocycles. The monoisotopic (exact) mass is 455 g/mol. The van der Waals surface area contributed by atoms with Gasteiger partial charge < -0.3 is 14.6 Å². The Hall–Kier alpha value is -3.60. The first-order valence-corrected chi connectivity index (χ1v) is 11.9. The number of imidazole rings is 1. The number of hydrogen-bond donors (Lipinski definition) is 1. The molecule has 0 saturated heterocycles. The molecule has 1 amide bonds. The van der Waals surface area contributed by atoms with Gasteiger partial charge in [-0.05, 0) is 74.6 Å². The predicted molar refractivity (Wildman–Crippen MR) is 137 cm³/mol. The first-order chi connectivity index (χ1) is 16.4. The highest BCUT2D eigenvalue weighted by atomic mass is 16.5. The van der Waals surface area contributed by atoms with Crippen LogP contribution >= 0.6 is 0 Å². The molecule has 0 spiro atoms. The van der Waals surface area contributed by atoms with E-state index in [-0.39, 0.29) is 11.9 Å². The fraction of sp³-hybridized carbons (Fsp3) is 0.310. The normalized spacial score (nSPS) is 12.0. The lowest BCUT2D eigenvalue weighted by atomic mass is 10.1.